The van der Waals surface area contributed by atoms with Gasteiger partial charge in [0.1, 0.15) is 17.0 Å². The fraction of sp³-hybridized carbons (Fsp3) is 0.516. The summed E-state index contributed by atoms with van der Waals surface area (Å²) < 4.78 is 28.6. The first kappa shape index (κ1) is 32.0. The molecule has 0 amide bonds. The fourth-order valence-electron chi connectivity index (χ4n) is 4.31. The summed E-state index contributed by atoms with van der Waals surface area (Å²) >= 11 is 6.01. The highest BCUT2D eigenvalue weighted by molar-refractivity contribution is 6.74. The molecule has 0 aliphatic heterocycles. The van der Waals surface area contributed by atoms with E-state index in [0.717, 1.165) is 0 Å². The van der Waals surface area contributed by atoms with E-state index in [-0.39, 0.29) is 45.5 Å². The van der Waals surface area contributed by atoms with Gasteiger partial charge in [0.25, 0.3) is 0 Å². The van der Waals surface area contributed by atoms with Gasteiger partial charge in [0.15, 0.2) is 8.32 Å². The SMILES string of the molecule is CCOC(=O)c1cn([C@H](CO[Si](C)(C)C(C)(C)C)C(C)(C)C)c2nc(C)c(Cc3cccc(Cl)c3F)cc2c1=O. The molecule has 0 radical (unpaired) electrons. The maximum atomic E-state index is 14.7. The van der Waals surface area contributed by atoms with Crippen molar-refractivity contribution in [3.8, 4) is 0 Å². The molecule has 1 atom stereocenters. The summed E-state index contributed by atoms with van der Waals surface area (Å²) in [4.78, 5) is 31.5. The molecule has 9 heteroatoms. The van der Waals surface area contributed by atoms with Crippen molar-refractivity contribution in [3.63, 3.8) is 0 Å². The summed E-state index contributed by atoms with van der Waals surface area (Å²) in [7, 11) is -2.11. The molecule has 1 aromatic carbocycles. The lowest BCUT2D eigenvalue weighted by molar-refractivity contribution is 0.0522. The van der Waals surface area contributed by atoms with Crippen LogP contribution in [-0.4, -0.2) is 37.1 Å². The molecular formula is C31H42ClFN2O4Si. The van der Waals surface area contributed by atoms with Crippen LogP contribution in [0.15, 0.2) is 35.3 Å². The minimum Gasteiger partial charge on any atom is -0.462 e. The lowest BCUT2D eigenvalue weighted by atomic mass is 9.86. The Hall–Kier alpha value is -2.55. The molecule has 0 aliphatic carbocycles. The summed E-state index contributed by atoms with van der Waals surface area (Å²) in [6, 6.07) is 6.31. The third kappa shape index (κ3) is 6.66. The van der Waals surface area contributed by atoms with Gasteiger partial charge in [0, 0.05) is 18.3 Å². The molecule has 2 aromatic heterocycles. The average Bonchev–Trinajstić information content (AvgIpc) is 2.82. The molecule has 0 spiro atoms. The van der Waals surface area contributed by atoms with Crippen LogP contribution in [-0.2, 0) is 15.6 Å². The normalized spacial score (nSPS) is 13.5. The number of rotatable bonds is 8. The zero-order valence-electron chi connectivity index (χ0n) is 25.4. The minimum atomic E-state index is -2.11. The first-order valence-corrected chi connectivity index (χ1v) is 17.0. The van der Waals surface area contributed by atoms with Crippen molar-refractivity contribution >= 4 is 36.9 Å². The van der Waals surface area contributed by atoms with Gasteiger partial charge in [-0.1, -0.05) is 65.3 Å². The number of carbonyl (C=O) groups excluding carboxylic acids is 1. The Morgan fingerprint density at radius 3 is 2.38 bits per heavy atom. The molecule has 3 aromatic rings. The molecule has 0 aliphatic rings. The van der Waals surface area contributed by atoms with Crippen LogP contribution in [0.3, 0.4) is 0 Å². The van der Waals surface area contributed by atoms with Crippen molar-refractivity contribution in [3.05, 3.63) is 73.9 Å². The van der Waals surface area contributed by atoms with Gasteiger partial charge in [0.05, 0.1) is 29.7 Å². The maximum absolute atomic E-state index is 14.7. The number of fused-ring (bicyclic) bond motifs is 1. The zero-order valence-corrected chi connectivity index (χ0v) is 27.1. The van der Waals surface area contributed by atoms with E-state index in [2.05, 4.69) is 54.6 Å². The predicted octanol–water partition coefficient (Wildman–Crippen LogP) is 7.87. The van der Waals surface area contributed by atoms with Gasteiger partial charge in [-0.3, -0.25) is 4.79 Å². The third-order valence-corrected chi connectivity index (χ3v) is 12.7. The van der Waals surface area contributed by atoms with Crippen LogP contribution in [0.1, 0.15) is 81.7 Å². The molecule has 0 bridgehead atoms. The van der Waals surface area contributed by atoms with Crippen molar-refractivity contribution in [2.45, 2.75) is 86.0 Å². The predicted molar refractivity (Wildman–Crippen MR) is 163 cm³/mol. The second-order valence-corrected chi connectivity index (χ2v) is 18.2. The van der Waals surface area contributed by atoms with E-state index in [1.54, 1.807) is 31.3 Å². The lowest BCUT2D eigenvalue weighted by Crippen LogP contribution is -2.43. The van der Waals surface area contributed by atoms with Gasteiger partial charge in [-0.15, -0.1) is 0 Å². The van der Waals surface area contributed by atoms with Crippen LogP contribution in [0.25, 0.3) is 11.0 Å². The largest absolute Gasteiger partial charge is 0.462 e. The summed E-state index contributed by atoms with van der Waals surface area (Å²) in [6.45, 7) is 21.3. The Labute approximate surface area is 243 Å². The van der Waals surface area contributed by atoms with E-state index in [1.807, 2.05) is 11.5 Å². The van der Waals surface area contributed by atoms with E-state index >= 15 is 0 Å². The van der Waals surface area contributed by atoms with Crippen molar-refractivity contribution in [1.82, 2.24) is 9.55 Å². The highest BCUT2D eigenvalue weighted by atomic mass is 35.5. The second kappa shape index (κ2) is 11.7. The molecule has 0 N–H and O–H groups in total. The molecule has 0 saturated heterocycles. The van der Waals surface area contributed by atoms with Gasteiger partial charge in [0.2, 0.25) is 5.43 Å². The molecule has 0 fully saturated rings. The van der Waals surface area contributed by atoms with Crippen molar-refractivity contribution in [2.24, 2.45) is 5.41 Å². The monoisotopic (exact) mass is 588 g/mol. The Balaban J connectivity index is 2.27. The number of ether oxygens (including phenoxy) is 1. The number of carbonyl (C=O) groups is 1. The van der Waals surface area contributed by atoms with Crippen LogP contribution in [0, 0.1) is 18.2 Å². The summed E-state index contributed by atoms with van der Waals surface area (Å²) in [6.07, 6.45) is 1.76. The topological polar surface area (TPSA) is 70.4 Å². The van der Waals surface area contributed by atoms with Crippen molar-refractivity contribution in [2.75, 3.05) is 13.2 Å². The number of aromatic nitrogens is 2. The molecule has 218 valence electrons. The highest BCUT2D eigenvalue weighted by Gasteiger charge is 2.39. The first-order valence-electron chi connectivity index (χ1n) is 13.7. The van der Waals surface area contributed by atoms with E-state index in [9.17, 15) is 14.0 Å². The van der Waals surface area contributed by atoms with E-state index in [4.69, 9.17) is 25.7 Å². The van der Waals surface area contributed by atoms with Crippen LogP contribution >= 0.6 is 11.6 Å². The molecule has 0 saturated carbocycles. The van der Waals surface area contributed by atoms with E-state index < -0.39 is 25.5 Å². The van der Waals surface area contributed by atoms with E-state index in [0.29, 0.717) is 29.1 Å². The molecule has 3 rings (SSSR count). The number of hydrogen-bond acceptors (Lipinski definition) is 5. The van der Waals surface area contributed by atoms with Gasteiger partial charge in [-0.2, -0.15) is 0 Å². The minimum absolute atomic E-state index is 0.0104. The van der Waals surface area contributed by atoms with Crippen LogP contribution in [0.2, 0.25) is 23.2 Å². The Morgan fingerprint density at radius 2 is 1.80 bits per heavy atom. The van der Waals surface area contributed by atoms with Crippen LogP contribution in [0.4, 0.5) is 4.39 Å². The summed E-state index contributed by atoms with van der Waals surface area (Å²) in [5.41, 5.74) is 1.32. The zero-order chi connectivity index (χ0) is 30.2. The highest BCUT2D eigenvalue weighted by Crippen LogP contribution is 2.40. The number of halogens is 2. The van der Waals surface area contributed by atoms with Gasteiger partial charge >= 0.3 is 5.97 Å². The summed E-state index contributed by atoms with van der Waals surface area (Å²) in [5, 5.41) is 0.317. The van der Waals surface area contributed by atoms with Crippen LogP contribution < -0.4 is 5.43 Å². The number of hydrogen-bond donors (Lipinski definition) is 0. The Morgan fingerprint density at radius 1 is 1.15 bits per heavy atom. The number of pyridine rings is 2. The molecule has 2 heterocycles. The summed E-state index contributed by atoms with van der Waals surface area (Å²) in [5.74, 6) is -1.19. The first-order chi connectivity index (χ1) is 18.4. The maximum Gasteiger partial charge on any atom is 0.343 e. The second-order valence-electron chi connectivity index (χ2n) is 12.9. The van der Waals surface area contributed by atoms with E-state index in [1.165, 1.54) is 6.07 Å². The Kier molecular flexibility index (Phi) is 9.39. The molecular weight excluding hydrogens is 547 g/mol. The number of benzene rings is 1. The van der Waals surface area contributed by atoms with Crippen molar-refractivity contribution < 1.29 is 18.3 Å². The van der Waals surface area contributed by atoms with Gasteiger partial charge in [-0.05, 0) is 60.7 Å². The number of aryl methyl sites for hydroxylation is 1. The number of esters is 1. The smallest absolute Gasteiger partial charge is 0.343 e. The molecule has 6 nitrogen and oxygen atoms in total. The fourth-order valence-corrected chi connectivity index (χ4v) is 5.52. The standard InChI is InChI=1S/C31H42ClFN2O4Si/c1-11-38-29(37)23-17-35(25(30(3,4)5)18-39-40(9,10)31(6,7)8)28-22(27(23)36)16-21(19(2)34-28)15-20-13-12-14-24(32)26(20)33/h12-14,16-17,25H,11,15,18H2,1-10H3/t25-/m1/s1. The average molecular weight is 589 g/mol. The third-order valence-electron chi connectivity index (χ3n) is 7.95. The van der Waals surface area contributed by atoms with Crippen molar-refractivity contribution in [1.29, 1.82) is 0 Å². The molecule has 0 unspecified atom stereocenters. The number of nitrogens with zero attached hydrogens (tertiary/aromatic N) is 2. The molecule has 40 heavy (non-hydrogen) atoms. The van der Waals surface area contributed by atoms with Gasteiger partial charge < -0.3 is 13.7 Å². The lowest BCUT2D eigenvalue weighted by Gasteiger charge is -2.40. The quantitative estimate of drug-likeness (QED) is 0.198. The van der Waals surface area contributed by atoms with Crippen LogP contribution in [0.5, 0.6) is 0 Å². The van der Waals surface area contributed by atoms with Gasteiger partial charge in [-0.25, -0.2) is 14.2 Å². The Bertz CT molecular complexity index is 1470.